The van der Waals surface area contributed by atoms with Gasteiger partial charge in [0.15, 0.2) is 5.65 Å². The molecule has 3 rings (SSSR count). The Morgan fingerprint density at radius 2 is 1.76 bits per heavy atom. The zero-order valence-corrected chi connectivity index (χ0v) is 19.5. The van der Waals surface area contributed by atoms with Crippen molar-refractivity contribution in [3.05, 3.63) is 41.5 Å². The van der Waals surface area contributed by atoms with Gasteiger partial charge in [-0.25, -0.2) is 19.2 Å². The minimum Gasteiger partial charge on any atom is -0.357 e. The van der Waals surface area contributed by atoms with E-state index in [1.165, 1.54) is 12.1 Å². The zero-order chi connectivity index (χ0) is 25.3. The van der Waals surface area contributed by atoms with Gasteiger partial charge in [-0.1, -0.05) is 13.8 Å². The van der Waals surface area contributed by atoms with E-state index in [1.807, 2.05) is 6.07 Å². The third kappa shape index (κ3) is 5.35. The van der Waals surface area contributed by atoms with E-state index >= 15 is 0 Å². The first kappa shape index (κ1) is 25.1. The molecule has 0 fully saturated rings. The number of carbonyl (C=O) groups is 1. The third-order valence-electron chi connectivity index (χ3n) is 5.64. The Kier molecular flexibility index (Phi) is 6.94. The van der Waals surface area contributed by atoms with Gasteiger partial charge in [0.2, 0.25) is 5.95 Å². The summed E-state index contributed by atoms with van der Waals surface area (Å²) >= 11 is 0. The minimum absolute atomic E-state index is 0.102. The lowest BCUT2D eigenvalue weighted by atomic mass is 9.89. The van der Waals surface area contributed by atoms with Crippen LogP contribution in [-0.2, 0) is 0 Å². The van der Waals surface area contributed by atoms with Crippen molar-refractivity contribution in [1.29, 1.82) is 0 Å². The van der Waals surface area contributed by atoms with E-state index in [-0.39, 0.29) is 18.7 Å². The number of halogens is 4. The van der Waals surface area contributed by atoms with Gasteiger partial charge in [-0.3, -0.25) is 0 Å². The van der Waals surface area contributed by atoms with Crippen molar-refractivity contribution in [3.8, 4) is 11.1 Å². The van der Waals surface area contributed by atoms with E-state index < -0.39 is 23.4 Å². The number of aromatic nitrogens is 3. The summed E-state index contributed by atoms with van der Waals surface area (Å²) in [6.07, 6.45) is -3.09. The number of nitrogens with one attached hydrogen (secondary N) is 3. The van der Waals surface area contributed by atoms with Gasteiger partial charge in [0.25, 0.3) is 0 Å². The van der Waals surface area contributed by atoms with Crippen molar-refractivity contribution in [1.82, 2.24) is 20.3 Å². The molecule has 1 aromatic carbocycles. The maximum Gasteiger partial charge on any atom is 0.394 e. The van der Waals surface area contributed by atoms with Crippen LogP contribution in [0.2, 0.25) is 0 Å². The van der Waals surface area contributed by atoms with Crippen LogP contribution in [0, 0.1) is 25.1 Å². The SMILES string of the molecule is CNc1ncc2cc(-c3cc(NC(=O)NCCC(C)(C)C(F)(F)F)c(F)cc3C)c(C)nc2n1. The molecule has 34 heavy (non-hydrogen) atoms. The molecule has 0 bridgehead atoms. The summed E-state index contributed by atoms with van der Waals surface area (Å²) in [5.41, 5.74) is 1.05. The Bertz CT molecular complexity index is 1230. The molecule has 0 saturated heterocycles. The van der Waals surface area contributed by atoms with E-state index in [1.54, 1.807) is 27.1 Å². The summed E-state index contributed by atoms with van der Waals surface area (Å²) in [5, 5.41) is 8.27. The Morgan fingerprint density at radius 3 is 2.41 bits per heavy atom. The number of fused-ring (bicyclic) bond motifs is 1. The van der Waals surface area contributed by atoms with Gasteiger partial charge in [-0.2, -0.15) is 18.2 Å². The molecule has 0 radical (unpaired) electrons. The highest BCUT2D eigenvalue weighted by Gasteiger charge is 2.46. The Morgan fingerprint density at radius 1 is 1.06 bits per heavy atom. The van der Waals surface area contributed by atoms with Crippen molar-refractivity contribution in [2.24, 2.45) is 5.41 Å². The number of aryl methyl sites for hydroxylation is 2. The van der Waals surface area contributed by atoms with E-state index in [2.05, 4.69) is 30.9 Å². The molecule has 182 valence electrons. The molecule has 2 amide bonds. The Balaban J connectivity index is 1.83. The number of hydrogen-bond donors (Lipinski definition) is 3. The van der Waals surface area contributed by atoms with Gasteiger partial charge in [0.1, 0.15) is 5.82 Å². The van der Waals surface area contributed by atoms with Crippen LogP contribution in [0.15, 0.2) is 24.4 Å². The fourth-order valence-corrected chi connectivity index (χ4v) is 3.30. The molecule has 0 spiro atoms. The normalized spacial score (nSPS) is 12.0. The average molecular weight is 478 g/mol. The largest absolute Gasteiger partial charge is 0.394 e. The van der Waals surface area contributed by atoms with Gasteiger partial charge in [-0.15, -0.1) is 0 Å². The second-order valence-corrected chi connectivity index (χ2v) is 8.64. The number of anilines is 2. The van der Waals surface area contributed by atoms with Crippen LogP contribution < -0.4 is 16.0 Å². The highest BCUT2D eigenvalue weighted by Crippen LogP contribution is 2.39. The maximum atomic E-state index is 14.6. The summed E-state index contributed by atoms with van der Waals surface area (Å²) in [7, 11) is 1.70. The number of alkyl halides is 3. The summed E-state index contributed by atoms with van der Waals surface area (Å²) in [6, 6.07) is 3.79. The smallest absolute Gasteiger partial charge is 0.357 e. The Labute approximate surface area is 194 Å². The molecule has 3 aromatic rings. The van der Waals surface area contributed by atoms with Gasteiger partial charge in [0.05, 0.1) is 11.1 Å². The van der Waals surface area contributed by atoms with Crippen molar-refractivity contribution in [2.45, 2.75) is 40.3 Å². The monoisotopic (exact) mass is 478 g/mol. The van der Waals surface area contributed by atoms with Crippen molar-refractivity contribution < 1.29 is 22.4 Å². The number of pyridine rings is 1. The zero-order valence-electron chi connectivity index (χ0n) is 19.5. The maximum absolute atomic E-state index is 14.6. The van der Waals surface area contributed by atoms with Gasteiger partial charge in [0, 0.05) is 36.4 Å². The van der Waals surface area contributed by atoms with Crippen molar-refractivity contribution in [3.63, 3.8) is 0 Å². The van der Waals surface area contributed by atoms with E-state index in [9.17, 15) is 22.4 Å². The molecule has 2 heterocycles. The number of benzene rings is 1. The molecular weight excluding hydrogens is 452 g/mol. The van der Waals surface area contributed by atoms with Crippen LogP contribution in [0.5, 0.6) is 0 Å². The first-order chi connectivity index (χ1) is 15.8. The van der Waals surface area contributed by atoms with Crippen LogP contribution in [0.3, 0.4) is 0 Å². The van der Waals surface area contributed by atoms with E-state index in [0.717, 1.165) is 13.8 Å². The number of amides is 2. The molecule has 0 atom stereocenters. The lowest BCUT2D eigenvalue weighted by Gasteiger charge is -2.27. The fraction of sp³-hybridized carbons (Fsp3) is 0.391. The highest BCUT2D eigenvalue weighted by atomic mass is 19.4. The molecule has 2 aromatic heterocycles. The fourth-order valence-electron chi connectivity index (χ4n) is 3.30. The lowest BCUT2D eigenvalue weighted by molar-refractivity contribution is -0.213. The summed E-state index contributed by atoms with van der Waals surface area (Å²) in [5.74, 6) is -0.235. The average Bonchev–Trinajstić information content (AvgIpc) is 2.74. The van der Waals surface area contributed by atoms with Gasteiger partial charge >= 0.3 is 12.2 Å². The standard InChI is InChI=1S/C23H26F4N6O/c1-12-8-17(24)18(32-21(34)29-7-6-22(3,4)23(25,26)27)10-15(12)16-9-14-11-30-20(28-5)33-19(14)31-13(16)2/h8-11H,6-7H2,1-5H3,(H2,29,32,34)(H,28,30,31,33). The number of nitrogens with zero attached hydrogens (tertiary/aromatic N) is 3. The van der Waals surface area contributed by atoms with Crippen LogP contribution in [0.4, 0.5) is 34.0 Å². The van der Waals surface area contributed by atoms with Gasteiger partial charge in [-0.05, 0) is 49.6 Å². The predicted molar refractivity (Wildman–Crippen MR) is 123 cm³/mol. The molecule has 0 saturated carbocycles. The van der Waals surface area contributed by atoms with Crippen LogP contribution >= 0.6 is 0 Å². The van der Waals surface area contributed by atoms with Crippen LogP contribution in [0.1, 0.15) is 31.5 Å². The molecule has 3 N–H and O–H groups in total. The van der Waals surface area contributed by atoms with E-state index in [4.69, 9.17) is 0 Å². The quantitative estimate of drug-likeness (QED) is 0.402. The first-order valence-corrected chi connectivity index (χ1v) is 10.6. The predicted octanol–water partition coefficient (Wildman–Crippen LogP) is 5.59. The molecule has 0 unspecified atom stereocenters. The number of hydrogen-bond acceptors (Lipinski definition) is 5. The highest BCUT2D eigenvalue weighted by molar-refractivity contribution is 5.91. The van der Waals surface area contributed by atoms with Crippen LogP contribution in [-0.4, -0.2) is 40.8 Å². The lowest BCUT2D eigenvalue weighted by Crippen LogP contribution is -2.37. The molecule has 0 aliphatic rings. The van der Waals surface area contributed by atoms with E-state index in [0.29, 0.717) is 39.4 Å². The topological polar surface area (TPSA) is 91.8 Å². The summed E-state index contributed by atoms with van der Waals surface area (Å²) in [4.78, 5) is 25.3. The van der Waals surface area contributed by atoms with Crippen molar-refractivity contribution in [2.75, 3.05) is 24.2 Å². The summed E-state index contributed by atoms with van der Waals surface area (Å²) in [6.45, 7) is 5.42. The molecule has 11 heteroatoms. The minimum atomic E-state index is -4.39. The number of rotatable bonds is 6. The van der Waals surface area contributed by atoms with Crippen molar-refractivity contribution >= 4 is 28.7 Å². The van der Waals surface area contributed by atoms with Crippen LogP contribution in [0.25, 0.3) is 22.2 Å². The molecular formula is C23H26F4N6O. The second kappa shape index (κ2) is 9.40. The van der Waals surface area contributed by atoms with Gasteiger partial charge < -0.3 is 16.0 Å². The number of urea groups is 1. The second-order valence-electron chi connectivity index (χ2n) is 8.64. The number of carbonyl (C=O) groups excluding carboxylic acids is 1. The Hall–Kier alpha value is -3.50. The summed E-state index contributed by atoms with van der Waals surface area (Å²) < 4.78 is 53.5. The third-order valence-corrected chi connectivity index (χ3v) is 5.64. The first-order valence-electron chi connectivity index (χ1n) is 10.6. The molecule has 7 nitrogen and oxygen atoms in total. The molecule has 0 aliphatic carbocycles. The molecule has 0 aliphatic heterocycles.